The van der Waals surface area contributed by atoms with E-state index in [0.717, 1.165) is 18.4 Å². The van der Waals surface area contributed by atoms with Crippen molar-refractivity contribution in [3.63, 3.8) is 0 Å². The van der Waals surface area contributed by atoms with Gasteiger partial charge in [-0.1, -0.05) is 36.8 Å². The Hall–Kier alpha value is -1.99. The molecule has 1 aliphatic rings. The fraction of sp³-hybridized carbons (Fsp3) is 0.438. The highest BCUT2D eigenvalue weighted by Gasteiger charge is 2.26. The van der Waals surface area contributed by atoms with Gasteiger partial charge in [-0.3, -0.25) is 10.7 Å². The molecule has 2 atom stereocenters. The Morgan fingerprint density at radius 1 is 1.22 bits per heavy atom. The van der Waals surface area contributed by atoms with Gasteiger partial charge in [0.15, 0.2) is 5.82 Å². The summed E-state index contributed by atoms with van der Waals surface area (Å²) in [5.41, 5.74) is 3.88. The smallest absolute Gasteiger partial charge is 0.281 e. The summed E-state index contributed by atoms with van der Waals surface area (Å²) in [6.45, 7) is 4.27. The van der Waals surface area contributed by atoms with Crippen molar-refractivity contribution < 1.29 is 4.79 Å². The lowest BCUT2D eigenvalue weighted by molar-refractivity contribution is 0.0625. The molecule has 7 heteroatoms. The molecule has 1 aromatic carbocycles. The van der Waals surface area contributed by atoms with Gasteiger partial charge in [-0.15, -0.1) is 0 Å². The molecule has 0 spiro atoms. The summed E-state index contributed by atoms with van der Waals surface area (Å²) in [7, 11) is 0. The predicted molar refractivity (Wildman–Crippen MR) is 92.1 cm³/mol. The first kappa shape index (κ1) is 15.9. The van der Waals surface area contributed by atoms with Crippen LogP contribution < -0.4 is 10.7 Å². The minimum atomic E-state index is -0.263. The van der Waals surface area contributed by atoms with Crippen molar-refractivity contribution in [1.82, 2.24) is 19.8 Å². The molecule has 0 aliphatic carbocycles. The number of hydrogen-bond donors (Lipinski definition) is 2. The van der Waals surface area contributed by atoms with E-state index in [-0.39, 0.29) is 6.03 Å². The van der Waals surface area contributed by atoms with Gasteiger partial charge in [0.2, 0.25) is 5.13 Å². The molecular formula is C16H21N5OS. The third-order valence-corrected chi connectivity index (χ3v) is 4.73. The van der Waals surface area contributed by atoms with Crippen LogP contribution in [0.3, 0.4) is 0 Å². The molecule has 1 aromatic heterocycles. The fourth-order valence-electron chi connectivity index (χ4n) is 2.86. The molecule has 122 valence electrons. The van der Waals surface area contributed by atoms with E-state index in [1.54, 1.807) is 0 Å². The summed E-state index contributed by atoms with van der Waals surface area (Å²) in [6.07, 6.45) is 3.40. The molecule has 0 bridgehead atoms. The maximum atomic E-state index is 12.2. The first-order chi connectivity index (χ1) is 11.1. The van der Waals surface area contributed by atoms with Crippen LogP contribution in [0.25, 0.3) is 11.4 Å². The molecule has 0 radical (unpaired) electrons. The van der Waals surface area contributed by atoms with Crippen LogP contribution in [0.5, 0.6) is 0 Å². The standard InChI is InChI=1S/C16H21N5OS/c1-11-7-6-8-12(2)21(11)19-15(22)18-16-17-14(20-23-16)13-9-4-3-5-10-13/h3-5,9-12H,6-8H2,1-2H3,(H2,17,18,19,20,22)/t11-,12-/m1/s1. The zero-order valence-electron chi connectivity index (χ0n) is 13.3. The summed E-state index contributed by atoms with van der Waals surface area (Å²) in [6, 6.07) is 10.2. The van der Waals surface area contributed by atoms with Gasteiger partial charge in [0.05, 0.1) is 0 Å². The Balaban J connectivity index is 1.61. The molecule has 23 heavy (non-hydrogen) atoms. The van der Waals surface area contributed by atoms with Gasteiger partial charge >= 0.3 is 6.03 Å². The molecule has 2 heterocycles. The molecule has 2 aromatic rings. The Bertz CT molecular complexity index is 650. The Labute approximate surface area is 140 Å². The number of benzene rings is 1. The molecule has 3 rings (SSSR count). The quantitative estimate of drug-likeness (QED) is 0.903. The Morgan fingerprint density at radius 2 is 1.91 bits per heavy atom. The number of amides is 2. The van der Waals surface area contributed by atoms with Gasteiger partial charge in [-0.05, 0) is 26.7 Å². The number of carbonyl (C=O) groups excluding carboxylic acids is 1. The lowest BCUT2D eigenvalue weighted by atomic mass is 10.00. The summed E-state index contributed by atoms with van der Waals surface area (Å²) in [5, 5.41) is 5.30. The molecular weight excluding hydrogens is 310 g/mol. The van der Waals surface area contributed by atoms with E-state index in [1.165, 1.54) is 18.0 Å². The van der Waals surface area contributed by atoms with E-state index in [0.29, 0.717) is 23.0 Å². The molecule has 1 saturated heterocycles. The second-order valence-corrected chi connectivity index (χ2v) is 6.64. The monoisotopic (exact) mass is 331 g/mol. The highest BCUT2D eigenvalue weighted by Crippen LogP contribution is 2.22. The lowest BCUT2D eigenvalue weighted by Gasteiger charge is -2.38. The molecule has 2 amide bonds. The van der Waals surface area contributed by atoms with Crippen LogP contribution in [0.1, 0.15) is 33.1 Å². The SMILES string of the molecule is C[C@@H]1CCC[C@@H](C)N1NC(=O)Nc1nc(-c2ccccc2)ns1. The van der Waals surface area contributed by atoms with Gasteiger partial charge in [-0.2, -0.15) is 9.36 Å². The van der Waals surface area contributed by atoms with Gasteiger partial charge in [0, 0.05) is 29.2 Å². The maximum Gasteiger partial charge on any atom is 0.335 e. The van der Waals surface area contributed by atoms with Crippen molar-refractivity contribution >= 4 is 22.7 Å². The second-order valence-electron chi connectivity index (χ2n) is 5.89. The van der Waals surface area contributed by atoms with Gasteiger partial charge in [0.25, 0.3) is 0 Å². The van der Waals surface area contributed by atoms with E-state index >= 15 is 0 Å². The first-order valence-electron chi connectivity index (χ1n) is 7.88. The van der Waals surface area contributed by atoms with Crippen molar-refractivity contribution in [3.05, 3.63) is 30.3 Å². The number of nitrogens with zero attached hydrogens (tertiary/aromatic N) is 3. The van der Waals surface area contributed by atoms with E-state index in [1.807, 2.05) is 35.3 Å². The zero-order valence-corrected chi connectivity index (χ0v) is 14.1. The highest BCUT2D eigenvalue weighted by atomic mass is 32.1. The van der Waals surface area contributed by atoms with Crippen molar-refractivity contribution in [3.8, 4) is 11.4 Å². The minimum Gasteiger partial charge on any atom is -0.281 e. The van der Waals surface area contributed by atoms with Crippen LogP contribution in [0.2, 0.25) is 0 Å². The van der Waals surface area contributed by atoms with Crippen LogP contribution in [0, 0.1) is 0 Å². The van der Waals surface area contributed by atoms with Gasteiger partial charge in [-0.25, -0.2) is 9.80 Å². The highest BCUT2D eigenvalue weighted by molar-refractivity contribution is 7.10. The number of rotatable bonds is 3. The van der Waals surface area contributed by atoms with Crippen molar-refractivity contribution in [2.24, 2.45) is 0 Å². The van der Waals surface area contributed by atoms with Crippen LogP contribution >= 0.6 is 11.5 Å². The number of hydrogen-bond acceptors (Lipinski definition) is 5. The minimum absolute atomic E-state index is 0.263. The summed E-state index contributed by atoms with van der Waals surface area (Å²) in [4.78, 5) is 16.6. The third kappa shape index (κ3) is 3.86. The molecule has 2 N–H and O–H groups in total. The molecule has 6 nitrogen and oxygen atoms in total. The van der Waals surface area contributed by atoms with Gasteiger partial charge < -0.3 is 0 Å². The van der Waals surface area contributed by atoms with Crippen molar-refractivity contribution in [2.75, 3.05) is 5.32 Å². The number of carbonyl (C=O) groups is 1. The van der Waals surface area contributed by atoms with Crippen LogP contribution in [-0.4, -0.2) is 32.5 Å². The number of anilines is 1. The number of nitrogens with one attached hydrogen (secondary N) is 2. The summed E-state index contributed by atoms with van der Waals surface area (Å²) in [5.74, 6) is 0.630. The average molecular weight is 331 g/mol. The normalized spacial score (nSPS) is 21.8. The third-order valence-electron chi connectivity index (χ3n) is 4.10. The molecule has 1 aliphatic heterocycles. The lowest BCUT2D eigenvalue weighted by Crippen LogP contribution is -2.55. The number of hydrazine groups is 1. The molecule has 0 unspecified atom stereocenters. The van der Waals surface area contributed by atoms with E-state index < -0.39 is 0 Å². The van der Waals surface area contributed by atoms with E-state index in [4.69, 9.17) is 0 Å². The molecule has 0 saturated carbocycles. The fourth-order valence-corrected chi connectivity index (χ4v) is 3.45. The van der Waals surface area contributed by atoms with Gasteiger partial charge in [0.1, 0.15) is 0 Å². The van der Waals surface area contributed by atoms with Crippen LogP contribution in [-0.2, 0) is 0 Å². The average Bonchev–Trinajstić information content (AvgIpc) is 3.00. The second kappa shape index (κ2) is 7.06. The topological polar surface area (TPSA) is 70.2 Å². The van der Waals surface area contributed by atoms with Crippen molar-refractivity contribution in [2.45, 2.75) is 45.2 Å². The predicted octanol–water partition coefficient (Wildman–Crippen LogP) is 3.50. The number of piperidine rings is 1. The van der Waals surface area contributed by atoms with E-state index in [2.05, 4.69) is 33.9 Å². The van der Waals surface area contributed by atoms with Crippen LogP contribution in [0.4, 0.5) is 9.93 Å². The first-order valence-corrected chi connectivity index (χ1v) is 8.66. The molecule has 1 fully saturated rings. The largest absolute Gasteiger partial charge is 0.335 e. The zero-order chi connectivity index (χ0) is 16.2. The number of aromatic nitrogens is 2. The van der Waals surface area contributed by atoms with E-state index in [9.17, 15) is 4.79 Å². The van der Waals surface area contributed by atoms with Crippen molar-refractivity contribution in [1.29, 1.82) is 0 Å². The summed E-state index contributed by atoms with van der Waals surface area (Å²) >= 11 is 1.18. The Morgan fingerprint density at radius 3 is 2.61 bits per heavy atom. The van der Waals surface area contributed by atoms with Crippen LogP contribution in [0.15, 0.2) is 30.3 Å². The Kier molecular flexibility index (Phi) is 4.88. The number of urea groups is 1. The maximum absolute atomic E-state index is 12.2. The summed E-state index contributed by atoms with van der Waals surface area (Å²) < 4.78 is 4.29.